The predicted molar refractivity (Wildman–Crippen MR) is 58.1 cm³/mol. The molecule has 0 saturated heterocycles. The van der Waals surface area contributed by atoms with Crippen molar-refractivity contribution in [2.24, 2.45) is 0 Å². The van der Waals surface area contributed by atoms with Crippen LogP contribution in [0.2, 0.25) is 0 Å². The maximum atomic E-state index is 13.2. The topological polar surface area (TPSA) is 21.3 Å². The van der Waals surface area contributed by atoms with Gasteiger partial charge in [0.05, 0.1) is 6.61 Å². The van der Waals surface area contributed by atoms with Crippen molar-refractivity contribution in [1.82, 2.24) is 5.32 Å². The third-order valence-electron chi connectivity index (χ3n) is 1.79. The largest absolute Gasteiger partial charge is 0.490 e. The second kappa shape index (κ2) is 6.02. The van der Waals surface area contributed by atoms with Crippen LogP contribution in [-0.4, -0.2) is 20.2 Å². The molecule has 0 radical (unpaired) electrons. The molecule has 0 amide bonds. The van der Waals surface area contributed by atoms with E-state index >= 15 is 0 Å². The predicted octanol–water partition coefficient (Wildman–Crippen LogP) is 2.72. The summed E-state index contributed by atoms with van der Waals surface area (Å²) in [5.41, 5.74) is 0. The number of nitrogens with one attached hydrogen (secondary N) is 1. The first-order valence-electron chi connectivity index (χ1n) is 4.57. The molecule has 0 bridgehead atoms. The molecule has 0 unspecified atom stereocenters. The molecule has 1 N–H and O–H groups in total. The second-order valence-electron chi connectivity index (χ2n) is 3.01. The number of halogens is 3. The molecule has 0 atom stereocenters. The first-order chi connectivity index (χ1) is 7.15. The van der Waals surface area contributed by atoms with Crippen LogP contribution in [0.25, 0.3) is 0 Å². The lowest BCUT2D eigenvalue weighted by Crippen LogP contribution is -2.12. The molecular weight excluding hydrogens is 268 g/mol. The molecule has 1 rings (SSSR count). The zero-order chi connectivity index (χ0) is 11.3. The van der Waals surface area contributed by atoms with Gasteiger partial charge in [-0.3, -0.25) is 0 Å². The van der Waals surface area contributed by atoms with E-state index in [-0.39, 0.29) is 5.75 Å². The Balaban J connectivity index is 2.60. The van der Waals surface area contributed by atoms with E-state index < -0.39 is 11.6 Å². The molecular formula is C10H12BrF2NO. The normalized spacial score (nSPS) is 10.4. The smallest absolute Gasteiger partial charge is 0.200 e. The number of benzene rings is 1. The average Bonchev–Trinajstić information content (AvgIpc) is 2.19. The molecule has 0 aliphatic rings. The minimum atomic E-state index is -0.942. The molecule has 0 aliphatic heterocycles. The van der Waals surface area contributed by atoms with Gasteiger partial charge >= 0.3 is 0 Å². The fraction of sp³-hybridized carbons (Fsp3) is 0.400. The molecule has 15 heavy (non-hydrogen) atoms. The van der Waals surface area contributed by atoms with Crippen molar-refractivity contribution in [2.75, 3.05) is 20.2 Å². The monoisotopic (exact) mass is 279 g/mol. The summed E-state index contributed by atoms with van der Waals surface area (Å²) in [6.45, 7) is 1.13. The van der Waals surface area contributed by atoms with E-state index in [9.17, 15) is 8.78 Å². The number of ether oxygens (including phenoxy) is 1. The van der Waals surface area contributed by atoms with Crippen LogP contribution in [0, 0.1) is 11.6 Å². The van der Waals surface area contributed by atoms with Gasteiger partial charge in [-0.05, 0) is 32.1 Å². The van der Waals surface area contributed by atoms with E-state index in [0.717, 1.165) is 19.0 Å². The lowest BCUT2D eigenvalue weighted by atomic mass is 10.3. The second-order valence-corrected chi connectivity index (χ2v) is 3.92. The molecule has 0 aromatic heterocycles. The van der Waals surface area contributed by atoms with Crippen molar-refractivity contribution in [3.8, 4) is 5.75 Å². The van der Waals surface area contributed by atoms with Gasteiger partial charge in [-0.25, -0.2) is 4.39 Å². The van der Waals surface area contributed by atoms with Crippen molar-refractivity contribution in [2.45, 2.75) is 6.42 Å². The van der Waals surface area contributed by atoms with Crippen LogP contribution in [0.1, 0.15) is 6.42 Å². The molecule has 0 aliphatic carbocycles. The fourth-order valence-electron chi connectivity index (χ4n) is 1.07. The van der Waals surface area contributed by atoms with Crippen molar-refractivity contribution in [3.63, 3.8) is 0 Å². The summed E-state index contributed by atoms with van der Waals surface area (Å²) >= 11 is 3.07. The summed E-state index contributed by atoms with van der Waals surface area (Å²) in [5.74, 6) is -1.91. The molecule has 2 nitrogen and oxygen atoms in total. The van der Waals surface area contributed by atoms with E-state index in [1.54, 1.807) is 0 Å². The molecule has 1 aromatic rings. The van der Waals surface area contributed by atoms with Gasteiger partial charge in [0, 0.05) is 4.47 Å². The quantitative estimate of drug-likeness (QED) is 0.661. The number of hydrogen-bond donors (Lipinski definition) is 1. The van der Waals surface area contributed by atoms with Gasteiger partial charge < -0.3 is 10.1 Å². The van der Waals surface area contributed by atoms with E-state index in [1.807, 2.05) is 7.05 Å². The van der Waals surface area contributed by atoms with E-state index in [0.29, 0.717) is 11.1 Å². The third-order valence-corrected chi connectivity index (χ3v) is 2.25. The van der Waals surface area contributed by atoms with Crippen LogP contribution < -0.4 is 10.1 Å². The van der Waals surface area contributed by atoms with Gasteiger partial charge in [0.25, 0.3) is 0 Å². The molecule has 1 aromatic carbocycles. The average molecular weight is 280 g/mol. The Morgan fingerprint density at radius 2 is 2.13 bits per heavy atom. The Labute approximate surface area is 95.8 Å². The Morgan fingerprint density at radius 1 is 1.40 bits per heavy atom. The highest BCUT2D eigenvalue weighted by Gasteiger charge is 2.10. The standard InChI is InChI=1S/C10H12BrF2NO/c1-14-3-2-4-15-9-6-7(11)5-8(12)10(9)13/h5-6,14H,2-4H2,1H3. The summed E-state index contributed by atoms with van der Waals surface area (Å²) < 4.78 is 31.7. The minimum Gasteiger partial charge on any atom is -0.490 e. The fourth-order valence-corrected chi connectivity index (χ4v) is 1.48. The van der Waals surface area contributed by atoms with Crippen LogP contribution in [0.15, 0.2) is 16.6 Å². The van der Waals surface area contributed by atoms with Crippen molar-refractivity contribution in [3.05, 3.63) is 28.2 Å². The highest BCUT2D eigenvalue weighted by molar-refractivity contribution is 9.10. The third kappa shape index (κ3) is 3.76. The van der Waals surface area contributed by atoms with Crippen LogP contribution in [0.5, 0.6) is 5.75 Å². The van der Waals surface area contributed by atoms with Gasteiger partial charge in [-0.2, -0.15) is 4.39 Å². The Hall–Kier alpha value is -0.680. The van der Waals surface area contributed by atoms with E-state index in [1.165, 1.54) is 6.07 Å². The van der Waals surface area contributed by atoms with Crippen molar-refractivity contribution < 1.29 is 13.5 Å². The first-order valence-corrected chi connectivity index (χ1v) is 5.36. The van der Waals surface area contributed by atoms with E-state index in [4.69, 9.17) is 4.74 Å². The Kier molecular flexibility index (Phi) is 4.98. The van der Waals surface area contributed by atoms with Crippen LogP contribution in [0.4, 0.5) is 8.78 Å². The molecule has 0 saturated carbocycles. The SMILES string of the molecule is CNCCCOc1cc(Br)cc(F)c1F. The van der Waals surface area contributed by atoms with Gasteiger partial charge in [0.1, 0.15) is 0 Å². The summed E-state index contributed by atoms with van der Waals surface area (Å²) in [6.07, 6.45) is 0.740. The lowest BCUT2D eigenvalue weighted by Gasteiger charge is -2.07. The van der Waals surface area contributed by atoms with Crippen molar-refractivity contribution >= 4 is 15.9 Å². The lowest BCUT2D eigenvalue weighted by molar-refractivity contribution is 0.289. The summed E-state index contributed by atoms with van der Waals surface area (Å²) in [7, 11) is 1.82. The zero-order valence-corrected chi connectivity index (χ0v) is 9.90. The van der Waals surface area contributed by atoms with Crippen LogP contribution in [0.3, 0.4) is 0 Å². The summed E-state index contributed by atoms with van der Waals surface area (Å²) in [6, 6.07) is 2.48. The van der Waals surface area contributed by atoms with E-state index in [2.05, 4.69) is 21.2 Å². The van der Waals surface area contributed by atoms with Crippen LogP contribution >= 0.6 is 15.9 Å². The molecule has 5 heteroatoms. The van der Waals surface area contributed by atoms with Gasteiger partial charge in [-0.15, -0.1) is 0 Å². The number of hydrogen-bond acceptors (Lipinski definition) is 2. The zero-order valence-electron chi connectivity index (χ0n) is 8.32. The van der Waals surface area contributed by atoms with Gasteiger partial charge in [-0.1, -0.05) is 15.9 Å². The van der Waals surface area contributed by atoms with Crippen LogP contribution in [-0.2, 0) is 0 Å². The highest BCUT2D eigenvalue weighted by atomic mass is 79.9. The maximum Gasteiger partial charge on any atom is 0.200 e. The van der Waals surface area contributed by atoms with Gasteiger partial charge in [0.2, 0.25) is 5.82 Å². The molecule has 0 fully saturated rings. The van der Waals surface area contributed by atoms with Crippen molar-refractivity contribution in [1.29, 1.82) is 0 Å². The Morgan fingerprint density at radius 3 is 2.80 bits per heavy atom. The highest BCUT2D eigenvalue weighted by Crippen LogP contribution is 2.25. The molecule has 0 heterocycles. The molecule has 0 spiro atoms. The summed E-state index contributed by atoms with van der Waals surface area (Å²) in [4.78, 5) is 0. The summed E-state index contributed by atoms with van der Waals surface area (Å²) in [5, 5.41) is 2.93. The van der Waals surface area contributed by atoms with Gasteiger partial charge in [0.15, 0.2) is 11.6 Å². The Bertz CT molecular complexity index is 333. The number of rotatable bonds is 5. The molecule has 84 valence electrons. The minimum absolute atomic E-state index is 0.0574. The first kappa shape index (κ1) is 12.4. The maximum absolute atomic E-state index is 13.2.